The molecule has 0 radical (unpaired) electrons. The molecule has 0 spiro atoms. The van der Waals surface area contributed by atoms with Gasteiger partial charge in [-0.15, -0.1) is 0 Å². The number of carbonyl (C=O) groups is 1. The van der Waals surface area contributed by atoms with Crippen LogP contribution in [-0.2, 0) is 17.7 Å². The van der Waals surface area contributed by atoms with Crippen molar-refractivity contribution >= 4 is 16.9 Å². The molecule has 1 aliphatic heterocycles. The van der Waals surface area contributed by atoms with E-state index in [1.54, 1.807) is 0 Å². The molecule has 4 rings (SSSR count). The van der Waals surface area contributed by atoms with Crippen molar-refractivity contribution < 1.29 is 9.53 Å². The minimum atomic E-state index is -0.122. The molecule has 7 nitrogen and oxygen atoms in total. The van der Waals surface area contributed by atoms with Crippen LogP contribution in [0.3, 0.4) is 0 Å². The maximum Gasteiger partial charge on any atom is 0.317 e. The lowest BCUT2D eigenvalue weighted by Crippen LogP contribution is -2.49. The summed E-state index contributed by atoms with van der Waals surface area (Å²) < 4.78 is 5.45. The fraction of sp³-hybridized carbons (Fsp3) is 0.600. The number of fused-ring (bicyclic) bond motifs is 1. The highest BCUT2D eigenvalue weighted by atomic mass is 16.5. The molecule has 2 N–H and O–H groups in total. The van der Waals surface area contributed by atoms with E-state index in [1.807, 2.05) is 23.1 Å². The van der Waals surface area contributed by atoms with E-state index in [0.29, 0.717) is 18.7 Å². The molecule has 1 aromatic carbocycles. The summed E-state index contributed by atoms with van der Waals surface area (Å²) in [5.74, 6) is 0. The number of nitrogens with one attached hydrogen (secondary N) is 2. The number of amides is 2. The molecule has 2 heterocycles. The number of carbonyl (C=O) groups excluding carboxylic acids is 1. The molecular formula is C25H36N4O3. The maximum absolute atomic E-state index is 13.2. The summed E-state index contributed by atoms with van der Waals surface area (Å²) in [6.45, 7) is 7.04. The molecule has 32 heavy (non-hydrogen) atoms. The van der Waals surface area contributed by atoms with Crippen LogP contribution in [0.1, 0.15) is 50.2 Å². The zero-order valence-electron chi connectivity index (χ0n) is 19.2. The Balaban J connectivity index is 1.51. The van der Waals surface area contributed by atoms with Crippen molar-refractivity contribution in [3.8, 4) is 0 Å². The van der Waals surface area contributed by atoms with Crippen molar-refractivity contribution in [2.24, 2.45) is 0 Å². The maximum atomic E-state index is 13.2. The van der Waals surface area contributed by atoms with Crippen molar-refractivity contribution in [1.29, 1.82) is 0 Å². The predicted octanol–water partition coefficient (Wildman–Crippen LogP) is 3.27. The molecule has 2 amide bonds. The molecule has 1 aliphatic carbocycles. The number of morpholine rings is 1. The number of aryl methyl sites for hydroxylation is 1. The zero-order chi connectivity index (χ0) is 22.3. The van der Waals surface area contributed by atoms with Crippen LogP contribution in [-0.4, -0.2) is 66.2 Å². The van der Waals surface area contributed by atoms with E-state index in [-0.39, 0.29) is 17.6 Å². The Bertz CT molecular complexity index is 961. The lowest BCUT2D eigenvalue weighted by Gasteiger charge is -2.32. The summed E-state index contributed by atoms with van der Waals surface area (Å²) in [5.41, 5.74) is 2.58. The number of hydrogen-bond acceptors (Lipinski definition) is 4. The summed E-state index contributed by atoms with van der Waals surface area (Å²) in [7, 11) is 0. The average Bonchev–Trinajstić information content (AvgIpc) is 2.83. The molecule has 2 fully saturated rings. The first-order chi connectivity index (χ1) is 15.6. The number of H-pyrrole nitrogens is 1. The van der Waals surface area contributed by atoms with Crippen LogP contribution in [0.5, 0.6) is 0 Å². The van der Waals surface area contributed by atoms with E-state index in [9.17, 15) is 9.59 Å². The predicted molar refractivity (Wildman–Crippen MR) is 127 cm³/mol. The first-order valence-electron chi connectivity index (χ1n) is 12.1. The summed E-state index contributed by atoms with van der Waals surface area (Å²) >= 11 is 0. The lowest BCUT2D eigenvalue weighted by molar-refractivity contribution is 0.0345. The van der Waals surface area contributed by atoms with Crippen LogP contribution >= 0.6 is 0 Å². The number of aromatic amines is 1. The van der Waals surface area contributed by atoms with Crippen LogP contribution < -0.4 is 10.9 Å². The molecule has 174 valence electrons. The smallest absolute Gasteiger partial charge is 0.317 e. The highest BCUT2D eigenvalue weighted by Crippen LogP contribution is 2.18. The van der Waals surface area contributed by atoms with E-state index in [0.717, 1.165) is 63.0 Å². The van der Waals surface area contributed by atoms with Crippen molar-refractivity contribution in [2.75, 3.05) is 39.4 Å². The van der Waals surface area contributed by atoms with Crippen LogP contribution in [0.25, 0.3) is 10.9 Å². The number of pyridine rings is 1. The molecule has 1 saturated heterocycles. The molecule has 1 saturated carbocycles. The third-order valence-corrected chi connectivity index (χ3v) is 6.76. The fourth-order valence-corrected chi connectivity index (χ4v) is 4.70. The van der Waals surface area contributed by atoms with Gasteiger partial charge in [-0.1, -0.05) is 32.3 Å². The highest BCUT2D eigenvalue weighted by Gasteiger charge is 2.22. The SMILES string of the molecule is CCc1ccc2[nH]c(=O)c(CN(CCN3CCOCC3)C(=O)NC3CCCCC3)cc2c1. The molecule has 7 heteroatoms. The van der Waals surface area contributed by atoms with Crippen LogP contribution in [0.4, 0.5) is 4.79 Å². The second kappa shape index (κ2) is 11.0. The normalized spacial score (nSPS) is 18.0. The van der Waals surface area contributed by atoms with Gasteiger partial charge in [0.15, 0.2) is 0 Å². The summed E-state index contributed by atoms with van der Waals surface area (Å²) in [4.78, 5) is 33.2. The summed E-state index contributed by atoms with van der Waals surface area (Å²) in [6.07, 6.45) is 6.61. The Labute approximate surface area is 190 Å². The molecule has 1 aromatic heterocycles. The molecular weight excluding hydrogens is 404 g/mol. The van der Waals surface area contributed by atoms with Gasteiger partial charge in [0.2, 0.25) is 0 Å². The van der Waals surface area contributed by atoms with Gasteiger partial charge in [-0.05, 0) is 48.4 Å². The number of ether oxygens (including phenoxy) is 1. The number of urea groups is 1. The van der Waals surface area contributed by atoms with Crippen molar-refractivity contribution in [2.45, 2.75) is 58.0 Å². The van der Waals surface area contributed by atoms with Crippen LogP contribution in [0, 0.1) is 0 Å². The van der Waals surface area contributed by atoms with Crippen LogP contribution in [0.15, 0.2) is 29.1 Å². The minimum Gasteiger partial charge on any atom is -0.379 e. The van der Waals surface area contributed by atoms with Gasteiger partial charge >= 0.3 is 6.03 Å². The Morgan fingerprint density at radius 3 is 2.72 bits per heavy atom. The van der Waals surface area contributed by atoms with Crippen LogP contribution in [0.2, 0.25) is 0 Å². The summed E-state index contributed by atoms with van der Waals surface area (Å²) in [5, 5.41) is 4.25. The topological polar surface area (TPSA) is 77.7 Å². The quantitative estimate of drug-likeness (QED) is 0.693. The zero-order valence-corrected chi connectivity index (χ0v) is 19.2. The Kier molecular flexibility index (Phi) is 7.81. The molecule has 2 aliphatic rings. The van der Waals surface area contributed by atoms with E-state index < -0.39 is 0 Å². The van der Waals surface area contributed by atoms with Gasteiger partial charge in [-0.2, -0.15) is 0 Å². The van der Waals surface area contributed by atoms with Gasteiger partial charge in [-0.25, -0.2) is 4.79 Å². The average molecular weight is 441 g/mol. The lowest BCUT2D eigenvalue weighted by atomic mass is 9.96. The third kappa shape index (κ3) is 5.90. The Morgan fingerprint density at radius 1 is 1.19 bits per heavy atom. The molecule has 2 aromatic rings. The number of aromatic nitrogens is 1. The molecule has 0 bridgehead atoms. The van der Waals surface area contributed by atoms with Crippen molar-refractivity contribution in [3.05, 3.63) is 45.7 Å². The van der Waals surface area contributed by atoms with E-state index in [4.69, 9.17) is 4.74 Å². The van der Waals surface area contributed by atoms with Crippen molar-refractivity contribution in [3.63, 3.8) is 0 Å². The van der Waals surface area contributed by atoms with Gasteiger partial charge in [-0.3, -0.25) is 9.69 Å². The van der Waals surface area contributed by atoms with Gasteiger partial charge in [0.05, 0.1) is 19.8 Å². The van der Waals surface area contributed by atoms with Gasteiger partial charge < -0.3 is 19.9 Å². The van der Waals surface area contributed by atoms with Crippen molar-refractivity contribution in [1.82, 2.24) is 20.1 Å². The first-order valence-corrected chi connectivity index (χ1v) is 12.1. The summed E-state index contributed by atoms with van der Waals surface area (Å²) in [6, 6.07) is 8.25. The van der Waals surface area contributed by atoms with Gasteiger partial charge in [0.25, 0.3) is 5.56 Å². The first kappa shape index (κ1) is 22.8. The van der Waals surface area contributed by atoms with E-state index in [2.05, 4.69) is 28.2 Å². The second-order valence-electron chi connectivity index (χ2n) is 9.06. The molecule has 0 unspecified atom stereocenters. The van der Waals surface area contributed by atoms with Gasteiger partial charge in [0.1, 0.15) is 0 Å². The number of benzene rings is 1. The third-order valence-electron chi connectivity index (χ3n) is 6.76. The Morgan fingerprint density at radius 2 is 1.97 bits per heavy atom. The van der Waals surface area contributed by atoms with E-state index >= 15 is 0 Å². The standard InChI is InChI=1S/C25H36N4O3/c1-2-19-8-9-23-20(16-19)17-21(24(30)27-23)18-29(11-10-28-12-14-32-15-13-28)25(31)26-22-6-4-3-5-7-22/h8-9,16-17,22H,2-7,10-15,18H2,1H3,(H,26,31)(H,27,30). The minimum absolute atomic E-state index is 0.0630. The number of hydrogen-bond donors (Lipinski definition) is 2. The number of rotatable bonds is 7. The molecule has 0 atom stereocenters. The monoisotopic (exact) mass is 440 g/mol. The van der Waals surface area contributed by atoms with Gasteiger partial charge in [0, 0.05) is 43.3 Å². The Hall–Kier alpha value is -2.38. The largest absolute Gasteiger partial charge is 0.379 e. The fourth-order valence-electron chi connectivity index (χ4n) is 4.70. The highest BCUT2D eigenvalue weighted by molar-refractivity contribution is 5.80. The second-order valence-corrected chi connectivity index (χ2v) is 9.06. The number of nitrogens with zero attached hydrogens (tertiary/aromatic N) is 2. The van der Waals surface area contributed by atoms with E-state index in [1.165, 1.54) is 24.8 Å².